The van der Waals surface area contributed by atoms with Crippen molar-refractivity contribution in [1.82, 2.24) is 24.6 Å². The van der Waals surface area contributed by atoms with Crippen molar-refractivity contribution in [2.45, 2.75) is 40.2 Å². The number of hydrogen-bond donors (Lipinski definition) is 1. The third kappa shape index (κ3) is 3.57. The van der Waals surface area contributed by atoms with Crippen molar-refractivity contribution in [3.63, 3.8) is 0 Å². The number of fused-ring (bicyclic) bond motifs is 1. The molecule has 0 aliphatic carbocycles. The highest BCUT2D eigenvalue weighted by atomic mass is 16.1. The molecular formula is C19H25N5O. The summed E-state index contributed by atoms with van der Waals surface area (Å²) < 4.78 is 4.01. The zero-order valence-electron chi connectivity index (χ0n) is 15.3. The fourth-order valence-corrected chi connectivity index (χ4v) is 3.29. The first-order valence-corrected chi connectivity index (χ1v) is 8.65. The van der Waals surface area contributed by atoms with Crippen molar-refractivity contribution in [2.24, 2.45) is 7.05 Å². The van der Waals surface area contributed by atoms with Crippen LogP contribution in [-0.2, 0) is 24.8 Å². The molecule has 0 atom stereocenters. The monoisotopic (exact) mass is 339 g/mol. The number of carbonyl (C=O) groups excluding carboxylic acids is 1. The second kappa shape index (κ2) is 7.09. The molecule has 132 valence electrons. The van der Waals surface area contributed by atoms with Gasteiger partial charge in [-0.1, -0.05) is 12.1 Å². The third-order valence-electron chi connectivity index (χ3n) is 4.76. The predicted molar refractivity (Wildman–Crippen MR) is 98.5 cm³/mol. The van der Waals surface area contributed by atoms with E-state index in [2.05, 4.69) is 26.0 Å². The molecule has 2 heterocycles. The van der Waals surface area contributed by atoms with E-state index < -0.39 is 0 Å². The van der Waals surface area contributed by atoms with E-state index in [0.29, 0.717) is 13.0 Å². The fraction of sp³-hybridized carbons (Fsp3) is 0.421. The molecule has 3 aromatic rings. The lowest BCUT2D eigenvalue weighted by atomic mass is 10.1. The van der Waals surface area contributed by atoms with Gasteiger partial charge in [0.05, 0.1) is 16.7 Å². The van der Waals surface area contributed by atoms with E-state index in [4.69, 9.17) is 0 Å². The molecule has 6 heteroatoms. The topological polar surface area (TPSA) is 64.7 Å². The zero-order valence-corrected chi connectivity index (χ0v) is 15.3. The van der Waals surface area contributed by atoms with Crippen molar-refractivity contribution in [2.75, 3.05) is 6.54 Å². The first-order chi connectivity index (χ1) is 12.0. The van der Waals surface area contributed by atoms with Gasteiger partial charge in [-0.3, -0.25) is 9.48 Å². The number of nitrogens with one attached hydrogen (secondary N) is 1. The van der Waals surface area contributed by atoms with Gasteiger partial charge >= 0.3 is 0 Å². The first kappa shape index (κ1) is 17.2. The molecule has 0 spiro atoms. The summed E-state index contributed by atoms with van der Waals surface area (Å²) in [6, 6.07) is 8.07. The number of aromatic nitrogens is 4. The number of amides is 1. The molecule has 0 unspecified atom stereocenters. The van der Waals surface area contributed by atoms with Crippen molar-refractivity contribution in [3.8, 4) is 0 Å². The maximum absolute atomic E-state index is 12.2. The molecule has 0 saturated heterocycles. The number of para-hydroxylation sites is 2. The Hall–Kier alpha value is -2.63. The Bertz CT molecular complexity index is 906. The van der Waals surface area contributed by atoms with Gasteiger partial charge in [-0.25, -0.2) is 4.98 Å². The number of nitrogens with zero attached hydrogens (tertiary/aromatic N) is 4. The predicted octanol–water partition coefficient (Wildman–Crippen LogP) is 2.44. The van der Waals surface area contributed by atoms with Gasteiger partial charge in [-0.2, -0.15) is 5.10 Å². The van der Waals surface area contributed by atoms with Crippen LogP contribution in [-0.4, -0.2) is 31.8 Å². The third-order valence-corrected chi connectivity index (χ3v) is 4.76. The van der Waals surface area contributed by atoms with Crippen molar-refractivity contribution < 1.29 is 4.79 Å². The number of hydrogen-bond acceptors (Lipinski definition) is 3. The van der Waals surface area contributed by atoms with Crippen LogP contribution in [0, 0.1) is 20.8 Å². The number of imidazole rings is 1. The van der Waals surface area contributed by atoms with Crippen LogP contribution >= 0.6 is 0 Å². The van der Waals surface area contributed by atoms with Gasteiger partial charge in [0, 0.05) is 32.3 Å². The fourth-order valence-electron chi connectivity index (χ4n) is 3.29. The number of rotatable bonds is 6. The Morgan fingerprint density at radius 3 is 2.68 bits per heavy atom. The SMILES string of the molecule is Cc1nn(C)c(C)c1CCC(=O)NCCn1c(C)nc2ccccc21. The van der Waals surface area contributed by atoms with Crippen LogP contribution in [0.5, 0.6) is 0 Å². The average molecular weight is 339 g/mol. The molecule has 0 aliphatic heterocycles. The molecule has 25 heavy (non-hydrogen) atoms. The van der Waals surface area contributed by atoms with Gasteiger partial charge in [-0.15, -0.1) is 0 Å². The van der Waals surface area contributed by atoms with Crippen molar-refractivity contribution >= 4 is 16.9 Å². The van der Waals surface area contributed by atoms with Gasteiger partial charge in [0.2, 0.25) is 5.91 Å². The Kier molecular flexibility index (Phi) is 4.88. The molecule has 0 aliphatic rings. The summed E-state index contributed by atoms with van der Waals surface area (Å²) in [7, 11) is 1.93. The highest BCUT2D eigenvalue weighted by Crippen LogP contribution is 2.15. The molecule has 2 aromatic heterocycles. The lowest BCUT2D eigenvalue weighted by molar-refractivity contribution is -0.121. The van der Waals surface area contributed by atoms with E-state index in [1.54, 1.807) is 0 Å². The average Bonchev–Trinajstić information content (AvgIpc) is 3.02. The summed E-state index contributed by atoms with van der Waals surface area (Å²) in [5.41, 5.74) is 5.41. The molecule has 0 fully saturated rings. The normalized spacial score (nSPS) is 11.2. The van der Waals surface area contributed by atoms with Crippen LogP contribution in [0.25, 0.3) is 11.0 Å². The summed E-state index contributed by atoms with van der Waals surface area (Å²) >= 11 is 0. The maximum atomic E-state index is 12.2. The van der Waals surface area contributed by atoms with Crippen LogP contribution in [0.15, 0.2) is 24.3 Å². The smallest absolute Gasteiger partial charge is 0.220 e. The highest BCUT2D eigenvalue weighted by Gasteiger charge is 2.11. The minimum atomic E-state index is 0.0738. The highest BCUT2D eigenvalue weighted by molar-refractivity contribution is 5.77. The standard InChI is InChI=1S/C19H25N5O/c1-13-16(14(2)23(4)22-13)9-10-19(25)20-11-12-24-15(3)21-17-7-5-6-8-18(17)24/h5-8H,9-12H2,1-4H3,(H,20,25). The Morgan fingerprint density at radius 1 is 1.20 bits per heavy atom. The van der Waals surface area contributed by atoms with Gasteiger partial charge in [0.25, 0.3) is 0 Å². The lowest BCUT2D eigenvalue weighted by Crippen LogP contribution is -2.27. The summed E-state index contributed by atoms with van der Waals surface area (Å²) in [5, 5.41) is 7.41. The van der Waals surface area contributed by atoms with Crippen LogP contribution in [0.4, 0.5) is 0 Å². The van der Waals surface area contributed by atoms with E-state index >= 15 is 0 Å². The van der Waals surface area contributed by atoms with Crippen LogP contribution in [0.1, 0.15) is 29.2 Å². The van der Waals surface area contributed by atoms with Crippen LogP contribution < -0.4 is 5.32 Å². The number of aryl methyl sites for hydroxylation is 3. The van der Waals surface area contributed by atoms with Crippen molar-refractivity contribution in [3.05, 3.63) is 47.0 Å². The van der Waals surface area contributed by atoms with E-state index in [1.165, 1.54) is 5.56 Å². The summed E-state index contributed by atoms with van der Waals surface area (Å²) in [5.74, 6) is 1.04. The van der Waals surface area contributed by atoms with Gasteiger partial charge in [0.1, 0.15) is 5.82 Å². The second-order valence-electron chi connectivity index (χ2n) is 6.42. The molecule has 0 radical (unpaired) electrons. The summed E-state index contributed by atoms with van der Waals surface area (Å²) in [6.07, 6.45) is 1.21. The van der Waals surface area contributed by atoms with E-state index in [1.807, 2.05) is 50.7 Å². The molecule has 0 saturated carbocycles. The molecule has 1 aromatic carbocycles. The Labute approximate surface area is 147 Å². The Morgan fingerprint density at radius 2 is 1.96 bits per heavy atom. The number of carbonyl (C=O) groups is 1. The second-order valence-corrected chi connectivity index (χ2v) is 6.42. The largest absolute Gasteiger partial charge is 0.354 e. The summed E-state index contributed by atoms with van der Waals surface area (Å²) in [6.45, 7) is 7.36. The molecular weight excluding hydrogens is 314 g/mol. The van der Waals surface area contributed by atoms with Gasteiger partial charge in [0.15, 0.2) is 0 Å². The molecule has 1 amide bonds. The molecule has 0 bridgehead atoms. The Balaban J connectivity index is 1.53. The van der Waals surface area contributed by atoms with E-state index in [0.717, 1.165) is 41.2 Å². The first-order valence-electron chi connectivity index (χ1n) is 8.65. The van der Waals surface area contributed by atoms with Gasteiger partial charge in [-0.05, 0) is 44.9 Å². The van der Waals surface area contributed by atoms with Crippen LogP contribution in [0.2, 0.25) is 0 Å². The number of benzene rings is 1. The molecule has 6 nitrogen and oxygen atoms in total. The maximum Gasteiger partial charge on any atom is 0.220 e. The van der Waals surface area contributed by atoms with E-state index in [-0.39, 0.29) is 5.91 Å². The quantitative estimate of drug-likeness (QED) is 0.750. The van der Waals surface area contributed by atoms with Crippen LogP contribution in [0.3, 0.4) is 0 Å². The van der Waals surface area contributed by atoms with Gasteiger partial charge < -0.3 is 9.88 Å². The van der Waals surface area contributed by atoms with E-state index in [9.17, 15) is 4.79 Å². The minimum absolute atomic E-state index is 0.0738. The minimum Gasteiger partial charge on any atom is -0.354 e. The van der Waals surface area contributed by atoms with Crippen molar-refractivity contribution in [1.29, 1.82) is 0 Å². The molecule has 1 N–H and O–H groups in total. The zero-order chi connectivity index (χ0) is 18.0. The molecule has 3 rings (SSSR count). The summed E-state index contributed by atoms with van der Waals surface area (Å²) in [4.78, 5) is 16.7. The lowest BCUT2D eigenvalue weighted by Gasteiger charge is -2.09.